The van der Waals surface area contributed by atoms with Gasteiger partial charge in [0.05, 0.1) is 6.54 Å². The molecule has 2 fully saturated rings. The number of alkyl halides is 2. The molecule has 0 aromatic carbocycles. The molecule has 0 spiro atoms. The van der Waals surface area contributed by atoms with Crippen molar-refractivity contribution < 1.29 is 8.78 Å². The molecule has 0 aromatic heterocycles. The van der Waals surface area contributed by atoms with Crippen LogP contribution in [-0.4, -0.2) is 37.0 Å². The van der Waals surface area contributed by atoms with E-state index in [2.05, 4.69) is 0 Å². The molecule has 1 heterocycles. The van der Waals surface area contributed by atoms with Gasteiger partial charge in [0.25, 0.3) is 5.92 Å². The third kappa shape index (κ3) is 2.48. The van der Waals surface area contributed by atoms with E-state index in [1.54, 1.807) is 0 Å². The van der Waals surface area contributed by atoms with Gasteiger partial charge in [0.15, 0.2) is 0 Å². The molecule has 2 aliphatic rings. The Labute approximate surface area is 89.8 Å². The second-order valence-electron chi connectivity index (χ2n) is 5.23. The maximum atomic E-state index is 13.2. The summed E-state index contributed by atoms with van der Waals surface area (Å²) in [5, 5.41) is 0. The quantitative estimate of drug-likeness (QED) is 0.783. The van der Waals surface area contributed by atoms with Crippen LogP contribution in [0.25, 0.3) is 0 Å². The third-order valence-corrected chi connectivity index (χ3v) is 3.88. The first-order valence-corrected chi connectivity index (χ1v) is 5.86. The van der Waals surface area contributed by atoms with E-state index in [1.807, 2.05) is 4.90 Å². The molecule has 1 saturated carbocycles. The maximum absolute atomic E-state index is 13.2. The number of nitrogens with two attached hydrogens (primary N) is 1. The van der Waals surface area contributed by atoms with E-state index in [0.29, 0.717) is 13.0 Å². The smallest absolute Gasteiger partial charge is 0.260 e. The molecule has 1 aliphatic heterocycles. The van der Waals surface area contributed by atoms with Crippen molar-refractivity contribution in [3.63, 3.8) is 0 Å². The Morgan fingerprint density at radius 2 is 1.87 bits per heavy atom. The molecule has 1 aliphatic carbocycles. The van der Waals surface area contributed by atoms with E-state index >= 15 is 0 Å². The Kier molecular flexibility index (Phi) is 2.99. The first kappa shape index (κ1) is 11.3. The lowest BCUT2D eigenvalue weighted by Crippen LogP contribution is -2.51. The summed E-state index contributed by atoms with van der Waals surface area (Å²) in [6.07, 6.45) is 4.12. The average molecular weight is 218 g/mol. The van der Waals surface area contributed by atoms with Crippen LogP contribution in [0.15, 0.2) is 0 Å². The summed E-state index contributed by atoms with van der Waals surface area (Å²) in [6, 6.07) is 0. The fourth-order valence-electron chi connectivity index (χ4n) is 2.76. The Morgan fingerprint density at radius 1 is 1.13 bits per heavy atom. The number of piperidine rings is 1. The molecule has 0 unspecified atom stereocenters. The van der Waals surface area contributed by atoms with Crippen molar-refractivity contribution in [2.24, 2.45) is 11.1 Å². The van der Waals surface area contributed by atoms with Gasteiger partial charge in [-0.3, -0.25) is 4.90 Å². The van der Waals surface area contributed by atoms with E-state index < -0.39 is 5.92 Å². The molecule has 88 valence electrons. The van der Waals surface area contributed by atoms with Gasteiger partial charge in [-0.15, -0.1) is 0 Å². The van der Waals surface area contributed by atoms with Crippen LogP contribution in [0.4, 0.5) is 8.78 Å². The monoisotopic (exact) mass is 218 g/mol. The molecule has 0 aromatic rings. The first-order chi connectivity index (χ1) is 7.05. The van der Waals surface area contributed by atoms with Crippen molar-refractivity contribution in [2.45, 2.75) is 38.0 Å². The minimum Gasteiger partial charge on any atom is -0.330 e. The molecule has 0 radical (unpaired) electrons. The lowest BCUT2D eigenvalue weighted by molar-refractivity contribution is -0.0782. The van der Waals surface area contributed by atoms with E-state index in [9.17, 15) is 8.78 Å². The highest BCUT2D eigenvalue weighted by atomic mass is 19.3. The van der Waals surface area contributed by atoms with Crippen LogP contribution in [0.5, 0.6) is 0 Å². The fourth-order valence-corrected chi connectivity index (χ4v) is 2.76. The van der Waals surface area contributed by atoms with E-state index in [-0.39, 0.29) is 18.4 Å². The Balaban J connectivity index is 1.88. The highest BCUT2D eigenvalue weighted by Crippen LogP contribution is 2.41. The summed E-state index contributed by atoms with van der Waals surface area (Å²) in [4.78, 5) is 1.91. The van der Waals surface area contributed by atoms with Gasteiger partial charge in [0.1, 0.15) is 0 Å². The van der Waals surface area contributed by atoms with Crippen LogP contribution in [0, 0.1) is 5.41 Å². The minimum atomic E-state index is -2.47. The first-order valence-electron chi connectivity index (χ1n) is 5.86. The lowest BCUT2D eigenvalue weighted by atomic mass is 9.68. The number of hydrogen-bond acceptors (Lipinski definition) is 2. The van der Waals surface area contributed by atoms with Crippen LogP contribution in [-0.2, 0) is 0 Å². The summed E-state index contributed by atoms with van der Waals surface area (Å²) in [5.41, 5.74) is 5.90. The van der Waals surface area contributed by atoms with Crippen LogP contribution in [0.3, 0.4) is 0 Å². The molecular formula is C11H20F2N2. The van der Waals surface area contributed by atoms with Crippen molar-refractivity contribution >= 4 is 0 Å². The van der Waals surface area contributed by atoms with E-state index in [1.165, 1.54) is 6.42 Å². The lowest BCUT2D eigenvalue weighted by Gasteiger charge is -2.46. The highest BCUT2D eigenvalue weighted by molar-refractivity contribution is 4.93. The zero-order chi connectivity index (χ0) is 10.9. The topological polar surface area (TPSA) is 29.3 Å². The molecule has 2 N–H and O–H groups in total. The Morgan fingerprint density at radius 3 is 2.33 bits per heavy atom. The predicted molar refractivity (Wildman–Crippen MR) is 56.0 cm³/mol. The number of rotatable bonds is 3. The highest BCUT2D eigenvalue weighted by Gasteiger charge is 2.41. The predicted octanol–water partition coefficient (Wildman–Crippen LogP) is 1.85. The SMILES string of the molecule is NCC1(CN2CCCC(F)(F)C2)CCC1. The molecule has 0 amide bonds. The maximum Gasteiger partial charge on any atom is 0.260 e. The Hall–Kier alpha value is -0.220. The van der Waals surface area contributed by atoms with Gasteiger partial charge in [-0.1, -0.05) is 6.42 Å². The van der Waals surface area contributed by atoms with Crippen LogP contribution < -0.4 is 5.73 Å². The summed E-state index contributed by atoms with van der Waals surface area (Å²) in [5.74, 6) is -2.47. The van der Waals surface area contributed by atoms with Crippen molar-refractivity contribution in [1.82, 2.24) is 4.90 Å². The zero-order valence-corrected chi connectivity index (χ0v) is 9.14. The zero-order valence-electron chi connectivity index (χ0n) is 9.14. The molecule has 2 nitrogen and oxygen atoms in total. The van der Waals surface area contributed by atoms with Gasteiger partial charge in [-0.2, -0.15) is 0 Å². The van der Waals surface area contributed by atoms with Crippen LogP contribution >= 0.6 is 0 Å². The molecule has 4 heteroatoms. The van der Waals surface area contributed by atoms with Gasteiger partial charge in [0, 0.05) is 13.0 Å². The molecule has 15 heavy (non-hydrogen) atoms. The van der Waals surface area contributed by atoms with Crippen molar-refractivity contribution in [2.75, 3.05) is 26.2 Å². The summed E-state index contributed by atoms with van der Waals surface area (Å²) >= 11 is 0. The number of hydrogen-bond donors (Lipinski definition) is 1. The second kappa shape index (κ2) is 3.98. The standard InChI is InChI=1S/C11H20F2N2/c12-11(13)5-2-6-15(9-11)8-10(7-14)3-1-4-10/h1-9,14H2. The van der Waals surface area contributed by atoms with Gasteiger partial charge < -0.3 is 5.73 Å². The molecule has 1 saturated heterocycles. The fraction of sp³-hybridized carbons (Fsp3) is 1.00. The van der Waals surface area contributed by atoms with E-state index in [0.717, 1.165) is 25.9 Å². The van der Waals surface area contributed by atoms with Crippen LogP contribution in [0.1, 0.15) is 32.1 Å². The largest absolute Gasteiger partial charge is 0.330 e. The molecule has 0 bridgehead atoms. The number of likely N-dealkylation sites (tertiary alicyclic amines) is 1. The summed E-state index contributed by atoms with van der Waals surface area (Å²) < 4.78 is 26.4. The minimum absolute atomic E-state index is 0.0547. The molecule has 2 rings (SSSR count). The van der Waals surface area contributed by atoms with Crippen molar-refractivity contribution in [3.8, 4) is 0 Å². The van der Waals surface area contributed by atoms with Gasteiger partial charge in [-0.25, -0.2) is 8.78 Å². The van der Waals surface area contributed by atoms with Gasteiger partial charge >= 0.3 is 0 Å². The van der Waals surface area contributed by atoms with Crippen molar-refractivity contribution in [3.05, 3.63) is 0 Å². The summed E-state index contributed by atoms with van der Waals surface area (Å²) in [7, 11) is 0. The molecule has 0 atom stereocenters. The van der Waals surface area contributed by atoms with Crippen LogP contribution in [0.2, 0.25) is 0 Å². The van der Waals surface area contributed by atoms with Gasteiger partial charge in [-0.05, 0) is 37.8 Å². The number of nitrogens with zero attached hydrogens (tertiary/aromatic N) is 1. The second-order valence-corrected chi connectivity index (χ2v) is 5.23. The average Bonchev–Trinajstić information content (AvgIpc) is 2.10. The van der Waals surface area contributed by atoms with Crippen molar-refractivity contribution in [1.29, 1.82) is 0 Å². The molecular weight excluding hydrogens is 198 g/mol. The third-order valence-electron chi connectivity index (χ3n) is 3.88. The van der Waals surface area contributed by atoms with Gasteiger partial charge in [0.2, 0.25) is 0 Å². The van der Waals surface area contributed by atoms with E-state index in [4.69, 9.17) is 5.73 Å². The summed E-state index contributed by atoms with van der Waals surface area (Å²) in [6.45, 7) is 2.18. The normalized spacial score (nSPS) is 29.8. The number of halogens is 2. The Bertz CT molecular complexity index is 221.